The van der Waals surface area contributed by atoms with E-state index in [9.17, 15) is 27.2 Å². The molecule has 0 atom stereocenters. The van der Waals surface area contributed by atoms with Crippen LogP contribution in [0, 0.1) is 19.7 Å². The van der Waals surface area contributed by atoms with Crippen LogP contribution in [0.15, 0.2) is 47.4 Å². The Kier molecular flexibility index (Phi) is 8.16. The lowest BCUT2D eigenvalue weighted by atomic mass is 10.1. The Bertz CT molecular complexity index is 1190. The third-order valence-corrected chi connectivity index (χ3v) is 7.67. The third kappa shape index (κ3) is 6.06. The van der Waals surface area contributed by atoms with Crippen LogP contribution in [-0.2, 0) is 24.3 Å². The largest absolute Gasteiger partial charge is 0.457 e. The van der Waals surface area contributed by atoms with Crippen molar-refractivity contribution in [2.45, 2.75) is 31.6 Å². The highest BCUT2D eigenvalue weighted by atomic mass is 32.2. The van der Waals surface area contributed by atoms with Crippen molar-refractivity contribution in [1.82, 2.24) is 9.21 Å². The minimum Gasteiger partial charge on any atom is -0.457 e. The summed E-state index contributed by atoms with van der Waals surface area (Å²) in [6.45, 7) is 3.70. The lowest BCUT2D eigenvalue weighted by Crippen LogP contribution is -2.50. The SMILES string of the molecule is Cc1ccc(C)c(S(=O)(=O)N2CCN(C(=O)CCC(=O)OCC(=O)c3ccccc3F)CC2)c1. The minimum atomic E-state index is -3.67. The average Bonchev–Trinajstić information content (AvgIpc) is 2.82. The Hall–Kier alpha value is -3.11. The Labute approximate surface area is 198 Å². The van der Waals surface area contributed by atoms with Crippen LogP contribution in [0.5, 0.6) is 0 Å². The predicted molar refractivity (Wildman–Crippen MR) is 122 cm³/mol. The van der Waals surface area contributed by atoms with E-state index in [1.807, 2.05) is 13.0 Å². The zero-order valence-electron chi connectivity index (χ0n) is 19.1. The lowest BCUT2D eigenvalue weighted by molar-refractivity contribution is -0.145. The van der Waals surface area contributed by atoms with Crippen LogP contribution in [0.25, 0.3) is 0 Å². The lowest BCUT2D eigenvalue weighted by Gasteiger charge is -2.34. The number of ketones is 1. The minimum absolute atomic E-state index is 0.129. The van der Waals surface area contributed by atoms with Crippen LogP contribution < -0.4 is 0 Å². The number of aryl methyl sites for hydroxylation is 2. The van der Waals surface area contributed by atoms with Crippen molar-refractivity contribution in [1.29, 1.82) is 0 Å². The molecular weight excluding hydrogens is 463 g/mol. The van der Waals surface area contributed by atoms with E-state index in [-0.39, 0.29) is 55.4 Å². The van der Waals surface area contributed by atoms with Gasteiger partial charge in [-0.15, -0.1) is 0 Å². The van der Waals surface area contributed by atoms with Crippen LogP contribution in [0.3, 0.4) is 0 Å². The Balaban J connectivity index is 1.45. The number of rotatable bonds is 8. The summed E-state index contributed by atoms with van der Waals surface area (Å²) in [6, 6.07) is 10.7. The summed E-state index contributed by atoms with van der Waals surface area (Å²) in [6.07, 6.45) is -0.360. The molecule has 1 aliphatic rings. The van der Waals surface area contributed by atoms with Gasteiger partial charge in [0, 0.05) is 32.6 Å². The molecule has 1 aliphatic heterocycles. The summed E-state index contributed by atoms with van der Waals surface area (Å²) in [5.41, 5.74) is 1.34. The van der Waals surface area contributed by atoms with Gasteiger partial charge in [-0.25, -0.2) is 12.8 Å². The molecule has 34 heavy (non-hydrogen) atoms. The number of benzene rings is 2. The molecule has 2 aromatic carbocycles. The van der Waals surface area contributed by atoms with Gasteiger partial charge in [0.2, 0.25) is 21.7 Å². The van der Waals surface area contributed by atoms with E-state index in [4.69, 9.17) is 4.74 Å². The summed E-state index contributed by atoms with van der Waals surface area (Å²) >= 11 is 0. The van der Waals surface area contributed by atoms with Crippen molar-refractivity contribution in [3.05, 3.63) is 65.0 Å². The van der Waals surface area contributed by atoms with Gasteiger partial charge in [-0.05, 0) is 43.2 Å². The molecule has 0 unspecified atom stereocenters. The van der Waals surface area contributed by atoms with Gasteiger partial charge in [-0.2, -0.15) is 4.31 Å². The number of piperazine rings is 1. The standard InChI is InChI=1S/C24H27FN2O6S/c1-17-7-8-18(2)22(15-17)34(31,32)27-13-11-26(12-14-27)23(29)9-10-24(30)33-16-21(28)19-5-3-4-6-20(19)25/h3-8,15H,9-14,16H2,1-2H3. The highest BCUT2D eigenvalue weighted by Crippen LogP contribution is 2.22. The van der Waals surface area contributed by atoms with Crippen molar-refractivity contribution in [2.75, 3.05) is 32.8 Å². The molecule has 0 bridgehead atoms. The van der Waals surface area contributed by atoms with Gasteiger partial charge >= 0.3 is 5.97 Å². The number of nitrogens with zero attached hydrogens (tertiary/aromatic N) is 2. The zero-order valence-corrected chi connectivity index (χ0v) is 19.9. The molecule has 0 N–H and O–H groups in total. The molecule has 8 nitrogen and oxygen atoms in total. The smallest absolute Gasteiger partial charge is 0.306 e. The van der Waals surface area contributed by atoms with Crippen LogP contribution in [-0.4, -0.2) is 68.1 Å². The number of esters is 1. The number of amides is 1. The normalized spacial score (nSPS) is 14.6. The topological polar surface area (TPSA) is 101 Å². The van der Waals surface area contributed by atoms with Gasteiger partial charge in [0.05, 0.1) is 16.9 Å². The Morgan fingerprint density at radius 3 is 2.32 bits per heavy atom. The van der Waals surface area contributed by atoms with E-state index >= 15 is 0 Å². The van der Waals surface area contributed by atoms with Crippen LogP contribution in [0.4, 0.5) is 4.39 Å². The molecule has 2 aromatic rings. The number of hydrogen-bond acceptors (Lipinski definition) is 6. The maximum absolute atomic E-state index is 13.6. The van der Waals surface area contributed by atoms with Crippen molar-refractivity contribution in [3.8, 4) is 0 Å². The Morgan fingerprint density at radius 2 is 1.65 bits per heavy atom. The van der Waals surface area contributed by atoms with E-state index in [1.54, 1.807) is 19.1 Å². The number of carbonyl (C=O) groups is 3. The molecule has 1 fully saturated rings. The molecule has 182 valence electrons. The predicted octanol–water partition coefficient (Wildman–Crippen LogP) is 2.48. The fraction of sp³-hybridized carbons (Fsp3) is 0.375. The van der Waals surface area contributed by atoms with Gasteiger partial charge in [0.25, 0.3) is 0 Å². The highest BCUT2D eigenvalue weighted by Gasteiger charge is 2.31. The Morgan fingerprint density at radius 1 is 0.971 bits per heavy atom. The summed E-state index contributed by atoms with van der Waals surface area (Å²) in [4.78, 5) is 38.1. The van der Waals surface area contributed by atoms with Crippen molar-refractivity contribution in [3.63, 3.8) is 0 Å². The second kappa shape index (κ2) is 10.9. The monoisotopic (exact) mass is 490 g/mol. The first-order chi connectivity index (χ1) is 16.1. The van der Waals surface area contributed by atoms with Crippen LogP contribution >= 0.6 is 0 Å². The van der Waals surface area contributed by atoms with Gasteiger partial charge in [-0.3, -0.25) is 14.4 Å². The zero-order chi connectivity index (χ0) is 24.9. The molecule has 10 heteroatoms. The first-order valence-electron chi connectivity index (χ1n) is 10.9. The molecule has 0 radical (unpaired) electrons. The summed E-state index contributed by atoms with van der Waals surface area (Å²) in [7, 11) is -3.67. The number of halogens is 1. The maximum Gasteiger partial charge on any atom is 0.306 e. The van der Waals surface area contributed by atoms with Crippen LogP contribution in [0.1, 0.15) is 34.3 Å². The van der Waals surface area contributed by atoms with E-state index in [0.717, 1.165) is 11.6 Å². The molecule has 0 saturated carbocycles. The van der Waals surface area contributed by atoms with E-state index < -0.39 is 34.2 Å². The van der Waals surface area contributed by atoms with Gasteiger partial charge in [0.15, 0.2) is 6.61 Å². The number of carbonyl (C=O) groups excluding carboxylic acids is 3. The fourth-order valence-corrected chi connectivity index (χ4v) is 5.38. The van der Waals surface area contributed by atoms with E-state index in [1.165, 1.54) is 27.4 Å². The average molecular weight is 491 g/mol. The van der Waals surface area contributed by atoms with E-state index in [2.05, 4.69) is 0 Å². The van der Waals surface area contributed by atoms with Gasteiger partial charge < -0.3 is 9.64 Å². The first kappa shape index (κ1) is 25.5. The summed E-state index contributed by atoms with van der Waals surface area (Å²) in [5, 5.41) is 0. The number of Topliss-reactive ketones (excluding diaryl/α,β-unsaturated/α-hetero) is 1. The molecule has 1 amide bonds. The molecule has 0 aliphatic carbocycles. The summed E-state index contributed by atoms with van der Waals surface area (Å²) < 4.78 is 45.9. The third-order valence-electron chi connectivity index (χ3n) is 5.63. The number of hydrogen-bond donors (Lipinski definition) is 0. The van der Waals surface area contributed by atoms with E-state index in [0.29, 0.717) is 5.56 Å². The van der Waals surface area contributed by atoms with Crippen LogP contribution in [0.2, 0.25) is 0 Å². The van der Waals surface area contributed by atoms with Crippen molar-refractivity contribution < 1.29 is 31.9 Å². The molecule has 0 aromatic heterocycles. The summed E-state index contributed by atoms with van der Waals surface area (Å²) in [5.74, 6) is -2.41. The molecule has 3 rings (SSSR count). The number of ether oxygens (including phenoxy) is 1. The van der Waals surface area contributed by atoms with Gasteiger partial charge in [0.1, 0.15) is 5.82 Å². The second-order valence-electron chi connectivity index (χ2n) is 8.12. The molecule has 0 spiro atoms. The molecule has 1 saturated heterocycles. The highest BCUT2D eigenvalue weighted by molar-refractivity contribution is 7.89. The quantitative estimate of drug-likeness (QED) is 0.416. The second-order valence-corrected chi connectivity index (χ2v) is 10.0. The first-order valence-corrected chi connectivity index (χ1v) is 12.3. The molecule has 1 heterocycles. The van der Waals surface area contributed by atoms with Crippen molar-refractivity contribution in [2.24, 2.45) is 0 Å². The van der Waals surface area contributed by atoms with Crippen molar-refractivity contribution >= 4 is 27.7 Å². The van der Waals surface area contributed by atoms with Gasteiger partial charge in [-0.1, -0.05) is 24.3 Å². The maximum atomic E-state index is 13.6. The fourth-order valence-electron chi connectivity index (χ4n) is 3.65. The number of sulfonamides is 1. The molecular formula is C24H27FN2O6S.